The SMILES string of the molecule is C[Si]1(C)c2cc3ccccc3cc2-c2c(-c3cccc(-c4ccccc4)c3)nc(-c3ccccc3)nc21. The van der Waals surface area contributed by atoms with E-state index in [0.29, 0.717) is 0 Å². The van der Waals surface area contributed by atoms with E-state index in [-0.39, 0.29) is 0 Å². The molecule has 5 aromatic carbocycles. The maximum Gasteiger partial charge on any atom is 0.159 e. The van der Waals surface area contributed by atoms with E-state index in [1.54, 1.807) is 0 Å². The van der Waals surface area contributed by atoms with Crippen molar-refractivity contribution in [3.8, 4) is 44.9 Å². The highest BCUT2D eigenvalue weighted by molar-refractivity contribution is 7.03. The minimum Gasteiger partial charge on any atom is -0.237 e. The number of nitrogens with zero attached hydrogens (tertiary/aromatic N) is 2. The van der Waals surface area contributed by atoms with Crippen LogP contribution in [-0.2, 0) is 0 Å². The van der Waals surface area contributed by atoms with Gasteiger partial charge in [-0.15, -0.1) is 0 Å². The van der Waals surface area contributed by atoms with Gasteiger partial charge in [0.2, 0.25) is 0 Å². The zero-order valence-electron chi connectivity index (χ0n) is 20.9. The molecule has 1 aliphatic heterocycles. The molecule has 0 unspecified atom stereocenters. The maximum atomic E-state index is 5.30. The molecule has 0 radical (unpaired) electrons. The van der Waals surface area contributed by atoms with Gasteiger partial charge in [-0.2, -0.15) is 0 Å². The predicted octanol–water partition coefficient (Wildman–Crippen LogP) is 7.43. The summed E-state index contributed by atoms with van der Waals surface area (Å²) in [6, 6.07) is 43.2. The van der Waals surface area contributed by atoms with Gasteiger partial charge in [0.15, 0.2) is 5.82 Å². The Labute approximate surface area is 218 Å². The van der Waals surface area contributed by atoms with Gasteiger partial charge in [0, 0.05) is 22.0 Å². The third kappa shape index (κ3) is 3.54. The second kappa shape index (κ2) is 8.36. The zero-order chi connectivity index (χ0) is 25.0. The van der Waals surface area contributed by atoms with Crippen LogP contribution in [-0.4, -0.2) is 18.0 Å². The molecule has 0 bridgehead atoms. The lowest BCUT2D eigenvalue weighted by Gasteiger charge is -2.19. The molecule has 176 valence electrons. The van der Waals surface area contributed by atoms with Crippen LogP contribution in [0.1, 0.15) is 0 Å². The van der Waals surface area contributed by atoms with Crippen molar-refractivity contribution in [2.75, 3.05) is 0 Å². The molecule has 1 aliphatic rings. The van der Waals surface area contributed by atoms with E-state index in [2.05, 4.69) is 128 Å². The van der Waals surface area contributed by atoms with Crippen LogP contribution in [0.3, 0.4) is 0 Å². The second-order valence-electron chi connectivity index (χ2n) is 10.3. The summed E-state index contributed by atoms with van der Waals surface area (Å²) in [6.45, 7) is 4.86. The number of aromatic nitrogens is 2. The highest BCUT2D eigenvalue weighted by Crippen LogP contribution is 2.38. The molecule has 0 N–H and O–H groups in total. The van der Waals surface area contributed by atoms with Gasteiger partial charge in [0.1, 0.15) is 8.07 Å². The van der Waals surface area contributed by atoms with Crippen molar-refractivity contribution in [2.45, 2.75) is 13.1 Å². The first-order chi connectivity index (χ1) is 18.1. The fraction of sp³-hybridized carbons (Fsp3) is 0.0588. The van der Waals surface area contributed by atoms with E-state index < -0.39 is 8.07 Å². The lowest BCUT2D eigenvalue weighted by molar-refractivity contribution is 1.21. The molecule has 0 atom stereocenters. The fourth-order valence-corrected chi connectivity index (χ4v) is 8.57. The van der Waals surface area contributed by atoms with E-state index in [1.807, 2.05) is 6.07 Å². The molecule has 0 saturated heterocycles. The van der Waals surface area contributed by atoms with Crippen LogP contribution in [0.15, 0.2) is 121 Å². The van der Waals surface area contributed by atoms with Gasteiger partial charge in [-0.05, 0) is 44.8 Å². The molecule has 0 aliphatic carbocycles. The molecule has 6 aromatic rings. The monoisotopic (exact) mass is 490 g/mol. The van der Waals surface area contributed by atoms with Crippen LogP contribution in [0.25, 0.3) is 55.7 Å². The first-order valence-corrected chi connectivity index (χ1v) is 15.8. The highest BCUT2D eigenvalue weighted by Gasteiger charge is 2.41. The molecule has 0 fully saturated rings. The Morgan fingerprint density at radius 3 is 1.84 bits per heavy atom. The van der Waals surface area contributed by atoms with Crippen LogP contribution in [0.5, 0.6) is 0 Å². The number of benzene rings is 5. The Morgan fingerprint density at radius 2 is 1.11 bits per heavy atom. The predicted molar refractivity (Wildman–Crippen MR) is 158 cm³/mol. The average molecular weight is 491 g/mol. The normalized spacial score (nSPS) is 13.4. The summed E-state index contributed by atoms with van der Waals surface area (Å²) in [7, 11) is -2.06. The molecule has 2 nitrogen and oxygen atoms in total. The molecule has 0 amide bonds. The Bertz CT molecular complexity index is 1790. The first-order valence-electron chi connectivity index (χ1n) is 12.8. The first kappa shape index (κ1) is 21.9. The topological polar surface area (TPSA) is 25.8 Å². The van der Waals surface area contributed by atoms with E-state index in [4.69, 9.17) is 9.97 Å². The Kier molecular flexibility index (Phi) is 4.95. The van der Waals surface area contributed by atoms with Crippen LogP contribution in [0.4, 0.5) is 0 Å². The molecule has 0 saturated carbocycles. The number of fused-ring (bicyclic) bond motifs is 4. The summed E-state index contributed by atoms with van der Waals surface area (Å²) in [5.41, 5.74) is 8.11. The largest absolute Gasteiger partial charge is 0.237 e. The van der Waals surface area contributed by atoms with Crippen molar-refractivity contribution in [3.05, 3.63) is 121 Å². The van der Waals surface area contributed by atoms with Gasteiger partial charge in [-0.25, -0.2) is 9.97 Å². The van der Waals surface area contributed by atoms with E-state index in [1.165, 1.54) is 43.5 Å². The van der Waals surface area contributed by atoms with Crippen molar-refractivity contribution in [1.29, 1.82) is 0 Å². The minimum absolute atomic E-state index is 0.803. The molecule has 1 aromatic heterocycles. The third-order valence-electron chi connectivity index (χ3n) is 7.60. The van der Waals surface area contributed by atoms with Crippen LogP contribution in [0.2, 0.25) is 13.1 Å². The van der Waals surface area contributed by atoms with Crippen LogP contribution in [0, 0.1) is 0 Å². The maximum absolute atomic E-state index is 5.30. The lowest BCUT2D eigenvalue weighted by Crippen LogP contribution is -2.51. The van der Waals surface area contributed by atoms with Gasteiger partial charge in [-0.1, -0.05) is 122 Å². The van der Waals surface area contributed by atoms with Crippen molar-refractivity contribution in [3.63, 3.8) is 0 Å². The Hall–Kier alpha value is -4.34. The number of hydrogen-bond donors (Lipinski definition) is 0. The lowest BCUT2D eigenvalue weighted by atomic mass is 9.96. The third-order valence-corrected chi connectivity index (χ3v) is 10.9. The van der Waals surface area contributed by atoms with Gasteiger partial charge >= 0.3 is 0 Å². The Morgan fingerprint density at radius 1 is 0.514 bits per heavy atom. The fourth-order valence-electron chi connectivity index (χ4n) is 5.66. The molecule has 7 rings (SSSR count). The quantitative estimate of drug-likeness (QED) is 0.241. The number of rotatable bonds is 3. The smallest absolute Gasteiger partial charge is 0.159 e. The second-order valence-corrected chi connectivity index (χ2v) is 14.6. The van der Waals surface area contributed by atoms with Gasteiger partial charge in [0.05, 0.1) is 5.69 Å². The molecule has 0 spiro atoms. The van der Waals surface area contributed by atoms with Crippen molar-refractivity contribution in [2.24, 2.45) is 0 Å². The summed E-state index contributed by atoms with van der Waals surface area (Å²) in [4.78, 5) is 10.6. The Balaban J connectivity index is 1.54. The van der Waals surface area contributed by atoms with E-state index in [9.17, 15) is 0 Å². The molecule has 3 heteroatoms. The van der Waals surface area contributed by atoms with Gasteiger partial charge in [0.25, 0.3) is 0 Å². The molecular weight excluding hydrogens is 464 g/mol. The number of hydrogen-bond acceptors (Lipinski definition) is 2. The van der Waals surface area contributed by atoms with Crippen molar-refractivity contribution >= 4 is 29.4 Å². The summed E-state index contributed by atoms with van der Waals surface area (Å²) < 4.78 is 0. The van der Waals surface area contributed by atoms with E-state index in [0.717, 1.165) is 22.6 Å². The molecule has 2 heterocycles. The summed E-state index contributed by atoms with van der Waals surface area (Å²) in [5, 5.41) is 5.22. The molecular formula is C34H26N2Si. The van der Waals surface area contributed by atoms with Crippen molar-refractivity contribution in [1.82, 2.24) is 9.97 Å². The standard InChI is InChI=1S/C34H26N2Si/c1-37(2)30-22-27-17-10-9-16-26(27)21-29(30)31-32(35-33(36-34(31)37)24-14-7-4-8-15-24)28-19-11-18-25(20-28)23-12-5-3-6-13-23/h3-22H,1-2H3. The van der Waals surface area contributed by atoms with Crippen molar-refractivity contribution < 1.29 is 0 Å². The zero-order valence-corrected chi connectivity index (χ0v) is 21.9. The van der Waals surface area contributed by atoms with Crippen LogP contribution >= 0.6 is 0 Å². The summed E-state index contributed by atoms with van der Waals surface area (Å²) in [6.07, 6.45) is 0. The highest BCUT2D eigenvalue weighted by atomic mass is 28.3. The molecule has 37 heavy (non-hydrogen) atoms. The minimum atomic E-state index is -2.06. The van der Waals surface area contributed by atoms with Crippen LogP contribution < -0.4 is 10.5 Å². The average Bonchev–Trinajstić information content (AvgIpc) is 3.18. The van der Waals surface area contributed by atoms with E-state index >= 15 is 0 Å². The van der Waals surface area contributed by atoms with Gasteiger partial charge < -0.3 is 0 Å². The summed E-state index contributed by atoms with van der Waals surface area (Å²) >= 11 is 0. The van der Waals surface area contributed by atoms with Gasteiger partial charge in [-0.3, -0.25) is 0 Å². The summed E-state index contributed by atoms with van der Waals surface area (Å²) in [5.74, 6) is 0.803.